The van der Waals surface area contributed by atoms with Crippen molar-refractivity contribution in [2.45, 2.75) is 0 Å². The number of aromatic nitrogens is 2. The van der Waals surface area contributed by atoms with Gasteiger partial charge in [0.1, 0.15) is 6.54 Å². The minimum absolute atomic E-state index is 0.0823. The number of hydrogen-bond donors (Lipinski definition) is 2. The van der Waals surface area contributed by atoms with E-state index in [9.17, 15) is 4.79 Å². The van der Waals surface area contributed by atoms with Crippen LogP contribution in [0.25, 0.3) is 11.0 Å². The van der Waals surface area contributed by atoms with Crippen LogP contribution in [0.2, 0.25) is 0 Å². The molecular formula is C10H10BrN3O2. The van der Waals surface area contributed by atoms with Gasteiger partial charge in [0.2, 0.25) is 5.95 Å². The van der Waals surface area contributed by atoms with Crippen LogP contribution in [-0.2, 0) is 4.79 Å². The van der Waals surface area contributed by atoms with Crippen molar-refractivity contribution in [2.24, 2.45) is 0 Å². The summed E-state index contributed by atoms with van der Waals surface area (Å²) in [4.78, 5) is 19.5. The Bertz CT molecular complexity index is 538. The number of aliphatic carboxylic acids is 1. The number of carbonyl (C=O) groups is 1. The lowest BCUT2D eigenvalue weighted by Crippen LogP contribution is -2.25. The van der Waals surface area contributed by atoms with Gasteiger partial charge >= 0.3 is 5.97 Å². The molecule has 0 atom stereocenters. The van der Waals surface area contributed by atoms with E-state index in [1.807, 2.05) is 18.2 Å². The largest absolute Gasteiger partial charge is 0.480 e. The summed E-state index contributed by atoms with van der Waals surface area (Å²) in [6, 6.07) is 5.67. The highest BCUT2D eigenvalue weighted by Crippen LogP contribution is 2.20. The van der Waals surface area contributed by atoms with Crippen LogP contribution in [0, 0.1) is 0 Å². The Hall–Kier alpha value is -1.56. The summed E-state index contributed by atoms with van der Waals surface area (Å²) in [5.41, 5.74) is 1.69. The fraction of sp³-hybridized carbons (Fsp3) is 0.200. The van der Waals surface area contributed by atoms with E-state index >= 15 is 0 Å². The first kappa shape index (κ1) is 10.9. The Balaban J connectivity index is 2.35. The van der Waals surface area contributed by atoms with Crippen LogP contribution < -0.4 is 4.90 Å². The molecule has 6 heteroatoms. The Kier molecular flexibility index (Phi) is 2.82. The van der Waals surface area contributed by atoms with Crippen molar-refractivity contribution in [1.82, 2.24) is 9.97 Å². The quantitative estimate of drug-likeness (QED) is 0.902. The SMILES string of the molecule is CN(CC(=O)O)c1nc2ccc(Br)cc2[nH]1. The number of halogens is 1. The lowest BCUT2D eigenvalue weighted by atomic mass is 10.3. The zero-order chi connectivity index (χ0) is 11.7. The van der Waals surface area contributed by atoms with Crippen LogP contribution in [0.5, 0.6) is 0 Å². The lowest BCUT2D eigenvalue weighted by molar-refractivity contribution is -0.135. The minimum atomic E-state index is -0.885. The fourth-order valence-electron chi connectivity index (χ4n) is 1.43. The summed E-state index contributed by atoms with van der Waals surface area (Å²) in [5.74, 6) is -0.334. The molecule has 2 N–H and O–H groups in total. The third-order valence-corrected chi connectivity index (χ3v) is 2.66. The molecule has 0 spiro atoms. The molecule has 0 saturated carbocycles. The average Bonchev–Trinajstić information content (AvgIpc) is 2.59. The van der Waals surface area contributed by atoms with Gasteiger partial charge in [0.15, 0.2) is 0 Å². The Morgan fingerprint density at radius 1 is 1.62 bits per heavy atom. The number of anilines is 1. The summed E-state index contributed by atoms with van der Waals surface area (Å²) < 4.78 is 0.955. The fourth-order valence-corrected chi connectivity index (χ4v) is 1.79. The number of rotatable bonds is 3. The van der Waals surface area contributed by atoms with Gasteiger partial charge in [-0.1, -0.05) is 15.9 Å². The highest BCUT2D eigenvalue weighted by Gasteiger charge is 2.10. The van der Waals surface area contributed by atoms with E-state index < -0.39 is 5.97 Å². The molecule has 1 aromatic heterocycles. The van der Waals surface area contributed by atoms with Crippen LogP contribution in [0.1, 0.15) is 0 Å². The second-order valence-corrected chi connectivity index (χ2v) is 4.39. The summed E-state index contributed by atoms with van der Waals surface area (Å²) in [5, 5.41) is 8.67. The maximum absolute atomic E-state index is 10.6. The van der Waals surface area contributed by atoms with E-state index in [2.05, 4.69) is 25.9 Å². The van der Waals surface area contributed by atoms with Crippen molar-refractivity contribution in [3.05, 3.63) is 22.7 Å². The van der Waals surface area contributed by atoms with Crippen molar-refractivity contribution >= 4 is 38.9 Å². The number of aromatic amines is 1. The predicted molar refractivity (Wildman–Crippen MR) is 64.7 cm³/mol. The van der Waals surface area contributed by atoms with Gasteiger partial charge in [-0.3, -0.25) is 4.79 Å². The van der Waals surface area contributed by atoms with E-state index in [1.165, 1.54) is 0 Å². The van der Waals surface area contributed by atoms with E-state index in [0.29, 0.717) is 5.95 Å². The molecular weight excluding hydrogens is 274 g/mol. The first-order chi connectivity index (χ1) is 7.56. The molecule has 5 nitrogen and oxygen atoms in total. The first-order valence-corrected chi connectivity index (χ1v) is 5.44. The van der Waals surface area contributed by atoms with Crippen molar-refractivity contribution in [1.29, 1.82) is 0 Å². The predicted octanol–water partition coefficient (Wildman–Crippen LogP) is 1.85. The molecule has 0 saturated heterocycles. The van der Waals surface area contributed by atoms with E-state index in [-0.39, 0.29) is 6.54 Å². The second-order valence-electron chi connectivity index (χ2n) is 3.47. The summed E-state index contributed by atoms with van der Waals surface area (Å²) in [6.07, 6.45) is 0. The standard InChI is InChI=1S/C10H10BrN3O2/c1-14(5-9(15)16)10-12-7-3-2-6(11)4-8(7)13-10/h2-4H,5H2,1H3,(H,12,13)(H,15,16). The first-order valence-electron chi connectivity index (χ1n) is 4.64. The van der Waals surface area contributed by atoms with Gasteiger partial charge in [-0.2, -0.15) is 0 Å². The van der Waals surface area contributed by atoms with Gasteiger partial charge in [-0.25, -0.2) is 4.98 Å². The molecule has 16 heavy (non-hydrogen) atoms. The molecule has 2 rings (SSSR count). The van der Waals surface area contributed by atoms with Gasteiger partial charge in [0.05, 0.1) is 11.0 Å². The molecule has 0 unspecified atom stereocenters. The zero-order valence-electron chi connectivity index (χ0n) is 8.57. The molecule has 0 fully saturated rings. The second kappa shape index (κ2) is 4.13. The van der Waals surface area contributed by atoms with Gasteiger partial charge in [-0.05, 0) is 18.2 Å². The maximum atomic E-state index is 10.6. The summed E-state index contributed by atoms with van der Waals surface area (Å²) in [6.45, 7) is -0.0823. The number of hydrogen-bond acceptors (Lipinski definition) is 3. The highest BCUT2D eigenvalue weighted by atomic mass is 79.9. The normalized spacial score (nSPS) is 10.6. The number of likely N-dealkylation sites (N-methyl/N-ethyl adjacent to an activating group) is 1. The molecule has 0 radical (unpaired) electrons. The third-order valence-electron chi connectivity index (χ3n) is 2.17. The summed E-state index contributed by atoms with van der Waals surface area (Å²) in [7, 11) is 1.68. The molecule has 0 bridgehead atoms. The third kappa shape index (κ3) is 2.16. The number of benzene rings is 1. The van der Waals surface area contributed by atoms with Crippen LogP contribution in [0.3, 0.4) is 0 Å². The Morgan fingerprint density at radius 2 is 2.38 bits per heavy atom. The number of nitrogens with zero attached hydrogens (tertiary/aromatic N) is 2. The van der Waals surface area contributed by atoms with Crippen LogP contribution in [0.4, 0.5) is 5.95 Å². The van der Waals surface area contributed by atoms with Crippen molar-refractivity contribution in [2.75, 3.05) is 18.5 Å². The molecule has 0 amide bonds. The number of carboxylic acids is 1. The zero-order valence-corrected chi connectivity index (χ0v) is 10.2. The average molecular weight is 284 g/mol. The number of nitrogens with one attached hydrogen (secondary N) is 1. The topological polar surface area (TPSA) is 69.2 Å². The van der Waals surface area contributed by atoms with Crippen molar-refractivity contribution in [3.63, 3.8) is 0 Å². The Morgan fingerprint density at radius 3 is 3.06 bits per heavy atom. The van der Waals surface area contributed by atoms with E-state index in [4.69, 9.17) is 5.11 Å². The maximum Gasteiger partial charge on any atom is 0.323 e. The van der Waals surface area contributed by atoms with Gasteiger partial charge in [0.25, 0.3) is 0 Å². The van der Waals surface area contributed by atoms with Gasteiger partial charge < -0.3 is 15.0 Å². The molecule has 0 aliphatic carbocycles. The van der Waals surface area contributed by atoms with Gasteiger partial charge in [0, 0.05) is 11.5 Å². The number of fused-ring (bicyclic) bond motifs is 1. The molecule has 2 aromatic rings. The monoisotopic (exact) mass is 283 g/mol. The van der Waals surface area contributed by atoms with Crippen molar-refractivity contribution < 1.29 is 9.90 Å². The van der Waals surface area contributed by atoms with E-state index in [0.717, 1.165) is 15.5 Å². The molecule has 84 valence electrons. The molecule has 1 aromatic carbocycles. The molecule has 0 aliphatic rings. The van der Waals surface area contributed by atoms with Crippen LogP contribution in [0.15, 0.2) is 22.7 Å². The van der Waals surface area contributed by atoms with Gasteiger partial charge in [-0.15, -0.1) is 0 Å². The molecule has 0 aliphatic heterocycles. The van der Waals surface area contributed by atoms with Crippen LogP contribution in [-0.4, -0.2) is 34.6 Å². The van der Waals surface area contributed by atoms with Crippen molar-refractivity contribution in [3.8, 4) is 0 Å². The number of imidazole rings is 1. The minimum Gasteiger partial charge on any atom is -0.480 e. The Labute approximate surface area is 100 Å². The lowest BCUT2D eigenvalue weighted by Gasteiger charge is -2.11. The summed E-state index contributed by atoms with van der Waals surface area (Å²) >= 11 is 3.36. The highest BCUT2D eigenvalue weighted by molar-refractivity contribution is 9.10. The van der Waals surface area contributed by atoms with Crippen LogP contribution >= 0.6 is 15.9 Å². The molecule has 1 heterocycles. The number of H-pyrrole nitrogens is 1. The smallest absolute Gasteiger partial charge is 0.323 e. The number of carboxylic acid groups (broad SMARTS) is 1. The van der Waals surface area contributed by atoms with E-state index in [1.54, 1.807) is 11.9 Å².